The lowest BCUT2D eigenvalue weighted by atomic mass is 10.2. The molecule has 1 atom stereocenters. The number of halogens is 1. The van der Waals surface area contributed by atoms with Crippen LogP contribution in [-0.2, 0) is 4.79 Å². The van der Waals surface area contributed by atoms with Gasteiger partial charge in [0.05, 0.1) is 18.3 Å². The number of carbonyl (C=O) groups is 1. The molecule has 1 aromatic carbocycles. The lowest BCUT2D eigenvalue weighted by molar-refractivity contribution is -0.118. The third kappa shape index (κ3) is 2.28. The second-order valence-corrected chi connectivity index (χ2v) is 6.44. The van der Waals surface area contributed by atoms with Gasteiger partial charge in [0.25, 0.3) is 0 Å². The lowest BCUT2D eigenvalue weighted by Crippen LogP contribution is -2.39. The van der Waals surface area contributed by atoms with Crippen molar-refractivity contribution in [2.75, 3.05) is 23.7 Å². The number of rotatable bonds is 2. The molecule has 3 rings (SSSR count). The molecule has 0 bridgehead atoms. The quantitative estimate of drug-likeness (QED) is 0.842. The number of nitrogens with zero attached hydrogens (tertiary/aromatic N) is 2. The number of thioether (sulfide) groups is 1. The minimum absolute atomic E-state index is 0.173. The first-order valence-electron chi connectivity index (χ1n) is 5.85. The molecule has 1 aromatic rings. The first-order chi connectivity index (χ1) is 9.06. The molecule has 1 amide bonds. The Morgan fingerprint density at radius 1 is 1.58 bits per heavy atom. The number of hydrogen-bond donors (Lipinski definition) is 1. The molecule has 7 heteroatoms. The lowest BCUT2D eigenvalue weighted by Gasteiger charge is -2.31. The highest BCUT2D eigenvalue weighted by Crippen LogP contribution is 2.41. The normalized spacial score (nSPS) is 21.3. The number of benzene rings is 1. The van der Waals surface area contributed by atoms with Gasteiger partial charge in [-0.15, -0.1) is 11.8 Å². The Balaban J connectivity index is 1.95. The monoisotopic (exact) mass is 313 g/mol. The zero-order chi connectivity index (χ0) is 13.6. The van der Waals surface area contributed by atoms with E-state index in [0.717, 1.165) is 18.0 Å². The van der Waals surface area contributed by atoms with Gasteiger partial charge in [0.1, 0.15) is 0 Å². The van der Waals surface area contributed by atoms with Crippen LogP contribution in [0.4, 0.5) is 5.69 Å². The van der Waals surface area contributed by atoms with Crippen LogP contribution in [0.5, 0.6) is 0 Å². The highest BCUT2D eigenvalue weighted by molar-refractivity contribution is 7.99. The summed E-state index contributed by atoms with van der Waals surface area (Å²) < 4.78 is 0. The van der Waals surface area contributed by atoms with E-state index < -0.39 is 0 Å². The zero-order valence-corrected chi connectivity index (χ0v) is 12.4. The van der Waals surface area contributed by atoms with Crippen molar-refractivity contribution in [3.8, 4) is 0 Å². The van der Waals surface area contributed by atoms with E-state index in [0.29, 0.717) is 10.1 Å². The maximum atomic E-state index is 11.1. The number of fused-ring (bicyclic) bond motifs is 3. The van der Waals surface area contributed by atoms with Gasteiger partial charge in [0, 0.05) is 22.2 Å². The highest BCUT2D eigenvalue weighted by Gasteiger charge is 2.39. The Kier molecular flexibility index (Phi) is 3.32. The molecule has 0 aromatic heterocycles. The van der Waals surface area contributed by atoms with Crippen molar-refractivity contribution < 1.29 is 4.79 Å². The fourth-order valence-electron chi connectivity index (χ4n) is 2.46. The number of thiocarbonyl (C=S) groups is 1. The van der Waals surface area contributed by atoms with Gasteiger partial charge in [0.2, 0.25) is 5.91 Å². The minimum Gasteiger partial charge on any atom is -0.368 e. The van der Waals surface area contributed by atoms with Crippen molar-refractivity contribution >= 4 is 52.3 Å². The van der Waals surface area contributed by atoms with Gasteiger partial charge in [0.15, 0.2) is 5.11 Å². The topological polar surface area (TPSA) is 49.6 Å². The van der Waals surface area contributed by atoms with Gasteiger partial charge in [-0.2, -0.15) is 0 Å². The molecule has 100 valence electrons. The van der Waals surface area contributed by atoms with E-state index in [4.69, 9.17) is 29.6 Å². The van der Waals surface area contributed by atoms with Gasteiger partial charge in [-0.25, -0.2) is 0 Å². The Labute approximate surface area is 125 Å². The second-order valence-electron chi connectivity index (χ2n) is 4.58. The summed E-state index contributed by atoms with van der Waals surface area (Å²) >= 11 is 13.3. The van der Waals surface area contributed by atoms with Crippen LogP contribution in [0.3, 0.4) is 0 Å². The molecule has 19 heavy (non-hydrogen) atoms. The number of hydrogen-bond acceptors (Lipinski definition) is 3. The van der Waals surface area contributed by atoms with E-state index in [1.54, 1.807) is 11.8 Å². The summed E-state index contributed by atoms with van der Waals surface area (Å²) in [7, 11) is 0. The van der Waals surface area contributed by atoms with Crippen molar-refractivity contribution in [1.82, 2.24) is 4.90 Å². The number of amides is 1. The molecule has 0 spiro atoms. The van der Waals surface area contributed by atoms with Crippen molar-refractivity contribution in [3.05, 3.63) is 23.2 Å². The summed E-state index contributed by atoms with van der Waals surface area (Å²) in [6, 6.07) is 6.10. The molecule has 0 aliphatic carbocycles. The van der Waals surface area contributed by atoms with Gasteiger partial charge in [-0.05, 0) is 30.4 Å². The van der Waals surface area contributed by atoms with Crippen LogP contribution in [-0.4, -0.2) is 40.8 Å². The average Bonchev–Trinajstić information content (AvgIpc) is 2.66. The average molecular weight is 314 g/mol. The molecule has 2 aliphatic rings. The molecule has 1 saturated heterocycles. The summed E-state index contributed by atoms with van der Waals surface area (Å²) in [6.07, 6.45) is 0. The zero-order valence-electron chi connectivity index (χ0n) is 10.0. The van der Waals surface area contributed by atoms with Crippen LogP contribution >= 0.6 is 35.6 Å². The highest BCUT2D eigenvalue weighted by atomic mass is 35.5. The molecular formula is C12H12ClN3OS2. The Morgan fingerprint density at radius 3 is 3.11 bits per heavy atom. The SMILES string of the molecule is NC(=O)CN1CC2CSc3ccc(Cl)cc3N2C1=S. The summed E-state index contributed by atoms with van der Waals surface area (Å²) in [5, 5.41) is 1.35. The van der Waals surface area contributed by atoms with Gasteiger partial charge in [-0.3, -0.25) is 4.79 Å². The van der Waals surface area contributed by atoms with Crippen LogP contribution in [0.2, 0.25) is 5.02 Å². The number of anilines is 1. The molecular weight excluding hydrogens is 302 g/mol. The summed E-state index contributed by atoms with van der Waals surface area (Å²) in [5.74, 6) is 0.588. The van der Waals surface area contributed by atoms with E-state index in [2.05, 4.69) is 4.90 Å². The fourth-order valence-corrected chi connectivity index (χ4v) is 4.11. The number of nitrogens with two attached hydrogens (primary N) is 1. The maximum absolute atomic E-state index is 11.1. The maximum Gasteiger partial charge on any atom is 0.237 e. The summed E-state index contributed by atoms with van der Waals surface area (Å²) in [4.78, 5) is 16.2. The molecule has 2 heterocycles. The number of carbonyl (C=O) groups excluding carboxylic acids is 1. The molecule has 1 unspecified atom stereocenters. The van der Waals surface area contributed by atoms with Gasteiger partial charge >= 0.3 is 0 Å². The van der Waals surface area contributed by atoms with Crippen molar-refractivity contribution in [3.63, 3.8) is 0 Å². The van der Waals surface area contributed by atoms with E-state index in [9.17, 15) is 4.79 Å². The summed E-state index contributed by atoms with van der Waals surface area (Å²) in [5.41, 5.74) is 6.29. The Morgan fingerprint density at radius 2 is 2.37 bits per heavy atom. The molecule has 2 N–H and O–H groups in total. The summed E-state index contributed by atoms with van der Waals surface area (Å²) in [6.45, 7) is 0.910. The van der Waals surface area contributed by atoms with Crippen LogP contribution in [0.15, 0.2) is 23.1 Å². The minimum atomic E-state index is -0.360. The first-order valence-corrected chi connectivity index (χ1v) is 7.62. The van der Waals surface area contributed by atoms with Crippen LogP contribution < -0.4 is 10.6 Å². The fraction of sp³-hybridized carbons (Fsp3) is 0.333. The first kappa shape index (κ1) is 13.0. The Hall–Kier alpha value is -0.980. The van der Waals surface area contributed by atoms with Crippen molar-refractivity contribution in [2.45, 2.75) is 10.9 Å². The van der Waals surface area contributed by atoms with E-state index in [1.807, 2.05) is 23.1 Å². The van der Waals surface area contributed by atoms with Gasteiger partial charge < -0.3 is 15.5 Å². The smallest absolute Gasteiger partial charge is 0.237 e. The third-order valence-electron chi connectivity index (χ3n) is 3.23. The number of primary amides is 1. The second kappa shape index (κ2) is 4.85. The van der Waals surface area contributed by atoms with E-state index >= 15 is 0 Å². The Bertz CT molecular complexity index is 566. The predicted molar refractivity (Wildman–Crippen MR) is 81.8 cm³/mol. The van der Waals surface area contributed by atoms with Crippen LogP contribution in [0, 0.1) is 0 Å². The van der Waals surface area contributed by atoms with Gasteiger partial charge in [-0.1, -0.05) is 11.6 Å². The third-order valence-corrected chi connectivity index (χ3v) is 5.13. The molecule has 1 fully saturated rings. The van der Waals surface area contributed by atoms with Crippen LogP contribution in [0.25, 0.3) is 0 Å². The molecule has 0 radical (unpaired) electrons. The largest absolute Gasteiger partial charge is 0.368 e. The molecule has 2 aliphatic heterocycles. The standard InChI is InChI=1S/C12H12ClN3OS2/c13-7-1-2-10-9(3-7)16-8(6-19-10)4-15(12(16)18)5-11(14)17/h1-3,8H,4-6H2,(H2,14,17). The molecule has 0 saturated carbocycles. The van der Waals surface area contributed by atoms with Crippen molar-refractivity contribution in [1.29, 1.82) is 0 Å². The van der Waals surface area contributed by atoms with Crippen molar-refractivity contribution in [2.24, 2.45) is 5.73 Å². The molecule has 4 nitrogen and oxygen atoms in total. The van der Waals surface area contributed by atoms with E-state index in [-0.39, 0.29) is 18.5 Å². The van der Waals surface area contributed by atoms with Crippen LogP contribution in [0.1, 0.15) is 0 Å². The van der Waals surface area contributed by atoms with E-state index in [1.165, 1.54) is 4.90 Å². The predicted octanol–water partition coefficient (Wildman–Crippen LogP) is 1.71.